The summed E-state index contributed by atoms with van der Waals surface area (Å²) in [5, 5.41) is 2.05. The van der Waals surface area contributed by atoms with Crippen molar-refractivity contribution in [1.82, 2.24) is 4.37 Å². The van der Waals surface area contributed by atoms with E-state index in [1.807, 2.05) is 42.6 Å². The number of benzene rings is 2. The molecule has 5 heteroatoms. The van der Waals surface area contributed by atoms with Crippen LogP contribution in [0.15, 0.2) is 41.8 Å². The van der Waals surface area contributed by atoms with Crippen LogP contribution in [0.5, 0.6) is 11.5 Å². The van der Waals surface area contributed by atoms with Crippen LogP contribution in [0.25, 0.3) is 22.4 Å². The van der Waals surface area contributed by atoms with Crippen LogP contribution in [0.3, 0.4) is 0 Å². The van der Waals surface area contributed by atoms with Crippen molar-refractivity contribution in [2.75, 3.05) is 20.0 Å². The molecule has 0 unspecified atom stereocenters. The summed E-state index contributed by atoms with van der Waals surface area (Å²) in [4.78, 5) is 0. The molecule has 0 fully saturated rings. The summed E-state index contributed by atoms with van der Waals surface area (Å²) in [5.41, 5.74) is 11.7. The molecule has 2 N–H and O–H groups in total. The Morgan fingerprint density at radius 3 is 2.39 bits per heavy atom. The fourth-order valence-corrected chi connectivity index (χ4v) is 3.32. The van der Waals surface area contributed by atoms with Gasteiger partial charge in [-0.25, -0.2) is 0 Å². The maximum atomic E-state index is 5.78. The first-order chi connectivity index (χ1) is 11.1. The van der Waals surface area contributed by atoms with Crippen LogP contribution >= 0.6 is 11.5 Å². The van der Waals surface area contributed by atoms with Crippen LogP contribution < -0.4 is 15.2 Å². The Morgan fingerprint density at radius 1 is 1.00 bits per heavy atom. The molecule has 3 aromatic rings. The molecule has 2 aromatic carbocycles. The van der Waals surface area contributed by atoms with Crippen molar-refractivity contribution >= 4 is 17.2 Å². The van der Waals surface area contributed by atoms with Gasteiger partial charge in [0.25, 0.3) is 0 Å². The number of nitrogen functional groups attached to an aromatic ring is 1. The molecule has 0 saturated heterocycles. The maximum absolute atomic E-state index is 5.78. The number of nitrogens with two attached hydrogens (primary N) is 1. The zero-order valence-corrected chi connectivity index (χ0v) is 14.1. The van der Waals surface area contributed by atoms with Crippen molar-refractivity contribution in [3.8, 4) is 33.9 Å². The molecular weight excluding hydrogens is 308 g/mol. The highest BCUT2D eigenvalue weighted by Gasteiger charge is 2.15. The number of anilines is 1. The number of rotatable bonds is 4. The van der Waals surface area contributed by atoms with Crippen LogP contribution in [0.1, 0.15) is 5.56 Å². The number of methoxy groups -OCH3 is 2. The molecule has 0 aliphatic carbocycles. The van der Waals surface area contributed by atoms with E-state index < -0.39 is 0 Å². The fourth-order valence-electron chi connectivity index (χ4n) is 2.60. The molecule has 1 heterocycles. The first kappa shape index (κ1) is 15.4. The smallest absolute Gasteiger partial charge is 0.163 e. The van der Waals surface area contributed by atoms with Crippen molar-refractivity contribution < 1.29 is 9.47 Å². The van der Waals surface area contributed by atoms with E-state index in [2.05, 4.69) is 10.4 Å². The second kappa shape index (κ2) is 6.30. The minimum absolute atomic E-state index is 0.707. The molecule has 0 aliphatic rings. The molecule has 0 radical (unpaired) electrons. The van der Waals surface area contributed by atoms with Gasteiger partial charge in [0.15, 0.2) is 11.5 Å². The lowest BCUT2D eigenvalue weighted by atomic mass is 10.00. The van der Waals surface area contributed by atoms with Gasteiger partial charge in [-0.05, 0) is 53.8 Å². The Labute approximate surface area is 139 Å². The van der Waals surface area contributed by atoms with Gasteiger partial charge in [-0.1, -0.05) is 12.1 Å². The van der Waals surface area contributed by atoms with Gasteiger partial charge in [-0.15, -0.1) is 0 Å². The Morgan fingerprint density at radius 2 is 1.74 bits per heavy atom. The maximum Gasteiger partial charge on any atom is 0.163 e. The first-order valence-corrected chi connectivity index (χ1v) is 8.01. The Balaban J connectivity index is 2.12. The number of aromatic nitrogens is 1. The summed E-state index contributed by atoms with van der Waals surface area (Å²) < 4.78 is 15.4. The average molecular weight is 326 g/mol. The molecule has 0 saturated carbocycles. The number of ether oxygens (including phenoxy) is 2. The first-order valence-electron chi connectivity index (χ1n) is 7.17. The van der Waals surface area contributed by atoms with Gasteiger partial charge < -0.3 is 15.2 Å². The van der Waals surface area contributed by atoms with Crippen LogP contribution in [-0.2, 0) is 0 Å². The summed E-state index contributed by atoms with van der Waals surface area (Å²) in [7, 11) is 3.29. The molecule has 1 aromatic heterocycles. The van der Waals surface area contributed by atoms with E-state index in [-0.39, 0.29) is 0 Å². The topological polar surface area (TPSA) is 57.4 Å². The molecule has 3 rings (SSSR count). The van der Waals surface area contributed by atoms with Crippen molar-refractivity contribution in [3.05, 3.63) is 47.3 Å². The SMILES string of the molecule is COc1cc(-c2nscc2-c2ccc(N)cc2)cc(C)c1OC. The zero-order chi connectivity index (χ0) is 16.4. The predicted molar refractivity (Wildman–Crippen MR) is 95.2 cm³/mol. The van der Waals surface area contributed by atoms with E-state index in [0.29, 0.717) is 5.75 Å². The molecular formula is C18H18N2O2S. The molecule has 118 valence electrons. The average Bonchev–Trinajstić information content (AvgIpc) is 3.04. The van der Waals surface area contributed by atoms with E-state index >= 15 is 0 Å². The van der Waals surface area contributed by atoms with Gasteiger partial charge >= 0.3 is 0 Å². The largest absolute Gasteiger partial charge is 0.493 e. The Bertz CT molecular complexity index is 826. The number of hydrogen-bond acceptors (Lipinski definition) is 5. The molecule has 0 atom stereocenters. The summed E-state index contributed by atoms with van der Waals surface area (Å²) in [6.07, 6.45) is 0. The lowest BCUT2D eigenvalue weighted by Gasteiger charge is -2.13. The number of nitrogens with zero attached hydrogens (tertiary/aromatic N) is 1. The van der Waals surface area contributed by atoms with E-state index in [1.165, 1.54) is 11.5 Å². The highest BCUT2D eigenvalue weighted by molar-refractivity contribution is 7.04. The molecule has 0 spiro atoms. The number of aryl methyl sites for hydroxylation is 1. The molecule has 0 amide bonds. The molecule has 4 nitrogen and oxygen atoms in total. The summed E-state index contributed by atoms with van der Waals surface area (Å²) in [6.45, 7) is 2.00. The monoisotopic (exact) mass is 326 g/mol. The van der Waals surface area contributed by atoms with E-state index in [0.717, 1.165) is 39.4 Å². The minimum atomic E-state index is 0.707. The van der Waals surface area contributed by atoms with Crippen LogP contribution in [0.2, 0.25) is 0 Å². The van der Waals surface area contributed by atoms with E-state index in [9.17, 15) is 0 Å². The predicted octanol–water partition coefficient (Wildman–Crippen LogP) is 4.38. The van der Waals surface area contributed by atoms with Gasteiger partial charge in [0, 0.05) is 22.2 Å². The van der Waals surface area contributed by atoms with Crippen molar-refractivity contribution in [2.45, 2.75) is 6.92 Å². The second-order valence-corrected chi connectivity index (χ2v) is 5.86. The van der Waals surface area contributed by atoms with E-state index in [4.69, 9.17) is 15.2 Å². The Kier molecular flexibility index (Phi) is 4.21. The molecule has 0 aliphatic heterocycles. The fraction of sp³-hybridized carbons (Fsp3) is 0.167. The van der Waals surface area contributed by atoms with Gasteiger partial charge in [0.2, 0.25) is 0 Å². The number of hydrogen-bond donors (Lipinski definition) is 1. The third kappa shape index (κ3) is 2.87. The normalized spacial score (nSPS) is 10.6. The quantitative estimate of drug-likeness (QED) is 0.723. The minimum Gasteiger partial charge on any atom is -0.493 e. The second-order valence-electron chi connectivity index (χ2n) is 5.23. The van der Waals surface area contributed by atoms with Crippen LogP contribution in [-0.4, -0.2) is 18.6 Å². The van der Waals surface area contributed by atoms with Crippen molar-refractivity contribution in [2.24, 2.45) is 0 Å². The Hall–Kier alpha value is -2.53. The van der Waals surface area contributed by atoms with Gasteiger partial charge in [0.05, 0.1) is 19.9 Å². The highest BCUT2D eigenvalue weighted by atomic mass is 32.1. The zero-order valence-electron chi connectivity index (χ0n) is 13.3. The summed E-state index contributed by atoms with van der Waals surface area (Å²) in [6, 6.07) is 11.8. The third-order valence-corrected chi connectivity index (χ3v) is 4.36. The molecule has 23 heavy (non-hydrogen) atoms. The summed E-state index contributed by atoms with van der Waals surface area (Å²) >= 11 is 1.44. The highest BCUT2D eigenvalue weighted by Crippen LogP contribution is 2.39. The van der Waals surface area contributed by atoms with Crippen LogP contribution in [0.4, 0.5) is 5.69 Å². The lowest BCUT2D eigenvalue weighted by Crippen LogP contribution is -1.94. The van der Waals surface area contributed by atoms with Gasteiger partial charge in [0.1, 0.15) is 0 Å². The van der Waals surface area contributed by atoms with Crippen molar-refractivity contribution in [3.63, 3.8) is 0 Å². The van der Waals surface area contributed by atoms with Crippen LogP contribution in [0, 0.1) is 6.92 Å². The molecule has 0 bridgehead atoms. The summed E-state index contributed by atoms with van der Waals surface area (Å²) in [5.74, 6) is 1.46. The van der Waals surface area contributed by atoms with Gasteiger partial charge in [-0.3, -0.25) is 0 Å². The lowest BCUT2D eigenvalue weighted by molar-refractivity contribution is 0.353. The third-order valence-electron chi connectivity index (χ3n) is 3.73. The van der Waals surface area contributed by atoms with Crippen molar-refractivity contribution in [1.29, 1.82) is 0 Å². The van der Waals surface area contributed by atoms with Gasteiger partial charge in [-0.2, -0.15) is 4.37 Å². The standard InChI is InChI=1S/C18H18N2O2S/c1-11-8-13(9-16(21-2)18(11)22-3)17-15(10-23-20-17)12-4-6-14(19)7-5-12/h4-10H,19H2,1-3H3. The van der Waals surface area contributed by atoms with E-state index in [1.54, 1.807) is 14.2 Å².